The van der Waals surface area contributed by atoms with E-state index in [0.717, 1.165) is 17.5 Å². The van der Waals surface area contributed by atoms with Crippen LogP contribution in [0, 0.1) is 11.6 Å². The van der Waals surface area contributed by atoms with Gasteiger partial charge in [-0.2, -0.15) is 0 Å². The third-order valence-corrected chi connectivity index (χ3v) is 3.39. The van der Waals surface area contributed by atoms with Crippen LogP contribution in [0.2, 0.25) is 0 Å². The average molecular weight is 253 g/mol. The lowest BCUT2D eigenvalue weighted by Crippen LogP contribution is -2.21. The van der Waals surface area contributed by atoms with Crippen molar-refractivity contribution in [1.82, 2.24) is 5.32 Å². The Hall–Kier alpha value is -1.26. The van der Waals surface area contributed by atoms with Crippen LogP contribution in [0.25, 0.3) is 0 Å². The summed E-state index contributed by atoms with van der Waals surface area (Å²) in [5.41, 5.74) is 0.617. The topological polar surface area (TPSA) is 12.0 Å². The van der Waals surface area contributed by atoms with Crippen molar-refractivity contribution in [2.24, 2.45) is 0 Å². The van der Waals surface area contributed by atoms with Gasteiger partial charge in [-0.15, -0.1) is 11.3 Å². The predicted molar refractivity (Wildman–Crippen MR) is 66.2 cm³/mol. The summed E-state index contributed by atoms with van der Waals surface area (Å²) >= 11 is 1.57. The third-order valence-electron chi connectivity index (χ3n) is 2.45. The Kier molecular flexibility index (Phi) is 3.86. The second-order valence-corrected chi connectivity index (χ2v) is 4.69. The van der Waals surface area contributed by atoms with Crippen LogP contribution in [0.4, 0.5) is 8.78 Å². The summed E-state index contributed by atoms with van der Waals surface area (Å²) in [7, 11) is 0. The van der Waals surface area contributed by atoms with Gasteiger partial charge in [-0.05, 0) is 35.7 Å². The molecule has 17 heavy (non-hydrogen) atoms. The number of hydrogen-bond acceptors (Lipinski definition) is 2. The zero-order chi connectivity index (χ0) is 12.3. The molecule has 0 aliphatic rings. The first-order valence-corrected chi connectivity index (χ1v) is 6.31. The molecule has 90 valence electrons. The molecule has 0 radical (unpaired) electrons. The highest BCUT2D eigenvalue weighted by molar-refractivity contribution is 7.10. The van der Waals surface area contributed by atoms with E-state index in [1.807, 2.05) is 24.4 Å². The van der Waals surface area contributed by atoms with Crippen LogP contribution in [0.5, 0.6) is 0 Å². The van der Waals surface area contributed by atoms with Crippen molar-refractivity contribution in [1.29, 1.82) is 0 Å². The SMILES string of the molecule is CCNC(c1cc(F)cc(F)c1)c1cccs1. The number of thiophene rings is 1. The summed E-state index contributed by atoms with van der Waals surface area (Å²) in [4.78, 5) is 1.05. The van der Waals surface area contributed by atoms with Gasteiger partial charge < -0.3 is 5.32 Å². The summed E-state index contributed by atoms with van der Waals surface area (Å²) < 4.78 is 26.4. The largest absolute Gasteiger partial charge is 0.306 e. The van der Waals surface area contributed by atoms with Crippen LogP contribution in [-0.4, -0.2) is 6.54 Å². The first-order chi connectivity index (χ1) is 8.20. The maximum Gasteiger partial charge on any atom is 0.126 e. The van der Waals surface area contributed by atoms with E-state index in [0.29, 0.717) is 5.56 Å². The highest BCUT2D eigenvalue weighted by Gasteiger charge is 2.15. The van der Waals surface area contributed by atoms with Crippen molar-refractivity contribution in [3.05, 3.63) is 57.8 Å². The lowest BCUT2D eigenvalue weighted by atomic mass is 10.0. The number of rotatable bonds is 4. The van der Waals surface area contributed by atoms with Gasteiger partial charge in [0.15, 0.2) is 0 Å². The Morgan fingerprint density at radius 1 is 1.24 bits per heavy atom. The van der Waals surface area contributed by atoms with E-state index in [1.165, 1.54) is 12.1 Å². The maximum absolute atomic E-state index is 13.2. The van der Waals surface area contributed by atoms with Gasteiger partial charge in [0.25, 0.3) is 0 Å². The summed E-state index contributed by atoms with van der Waals surface area (Å²) in [6.45, 7) is 2.71. The van der Waals surface area contributed by atoms with Crippen molar-refractivity contribution in [2.45, 2.75) is 13.0 Å². The second-order valence-electron chi connectivity index (χ2n) is 3.71. The zero-order valence-electron chi connectivity index (χ0n) is 9.41. The molecule has 0 aliphatic carbocycles. The lowest BCUT2D eigenvalue weighted by Gasteiger charge is -2.17. The molecule has 2 aromatic rings. The fraction of sp³-hybridized carbons (Fsp3) is 0.231. The molecule has 1 unspecified atom stereocenters. The van der Waals surface area contributed by atoms with Crippen molar-refractivity contribution in [2.75, 3.05) is 6.54 Å². The quantitative estimate of drug-likeness (QED) is 0.875. The van der Waals surface area contributed by atoms with Crippen LogP contribution >= 0.6 is 11.3 Å². The fourth-order valence-electron chi connectivity index (χ4n) is 1.78. The molecule has 1 nitrogen and oxygen atoms in total. The van der Waals surface area contributed by atoms with Crippen molar-refractivity contribution >= 4 is 11.3 Å². The Morgan fingerprint density at radius 2 is 1.94 bits per heavy atom. The number of hydrogen-bond donors (Lipinski definition) is 1. The molecule has 0 fully saturated rings. The lowest BCUT2D eigenvalue weighted by molar-refractivity contribution is 0.567. The first kappa shape index (κ1) is 12.2. The molecule has 0 saturated heterocycles. The Morgan fingerprint density at radius 3 is 2.47 bits per heavy atom. The normalized spacial score (nSPS) is 12.6. The molecule has 0 saturated carbocycles. The van der Waals surface area contributed by atoms with Crippen molar-refractivity contribution < 1.29 is 8.78 Å². The maximum atomic E-state index is 13.2. The summed E-state index contributed by atoms with van der Waals surface area (Å²) in [6.07, 6.45) is 0. The summed E-state index contributed by atoms with van der Waals surface area (Å²) in [6, 6.07) is 7.37. The van der Waals surface area contributed by atoms with E-state index < -0.39 is 11.6 Å². The Bertz CT molecular complexity index is 462. The molecule has 1 atom stereocenters. The molecule has 0 spiro atoms. The van der Waals surface area contributed by atoms with E-state index in [1.54, 1.807) is 11.3 Å². The number of nitrogens with one attached hydrogen (secondary N) is 1. The Balaban J connectivity index is 2.38. The van der Waals surface area contributed by atoms with Gasteiger partial charge in [0.05, 0.1) is 6.04 Å². The van der Waals surface area contributed by atoms with E-state index in [2.05, 4.69) is 5.32 Å². The predicted octanol–water partition coefficient (Wildman–Crippen LogP) is 3.73. The van der Waals surface area contributed by atoms with E-state index >= 15 is 0 Å². The highest BCUT2D eigenvalue weighted by atomic mass is 32.1. The van der Waals surface area contributed by atoms with Gasteiger partial charge in [-0.1, -0.05) is 13.0 Å². The Labute approximate surface area is 103 Å². The van der Waals surface area contributed by atoms with Gasteiger partial charge in [0, 0.05) is 10.9 Å². The number of benzene rings is 1. The van der Waals surface area contributed by atoms with Crippen LogP contribution in [0.15, 0.2) is 35.7 Å². The molecule has 4 heteroatoms. The molecular formula is C13H13F2NS. The zero-order valence-corrected chi connectivity index (χ0v) is 10.2. The van der Waals surface area contributed by atoms with E-state index in [9.17, 15) is 8.78 Å². The van der Waals surface area contributed by atoms with Crippen LogP contribution in [0.3, 0.4) is 0 Å². The minimum Gasteiger partial charge on any atom is -0.306 e. The van der Waals surface area contributed by atoms with Gasteiger partial charge in [-0.3, -0.25) is 0 Å². The van der Waals surface area contributed by atoms with Crippen molar-refractivity contribution in [3.8, 4) is 0 Å². The second kappa shape index (κ2) is 5.38. The van der Waals surface area contributed by atoms with Gasteiger partial charge in [0.2, 0.25) is 0 Å². The molecule has 0 bridgehead atoms. The average Bonchev–Trinajstić information content (AvgIpc) is 2.77. The van der Waals surface area contributed by atoms with E-state index in [-0.39, 0.29) is 6.04 Å². The standard InChI is InChI=1S/C13H13F2NS/c1-2-16-13(12-4-3-5-17-12)9-6-10(14)8-11(15)7-9/h3-8,13,16H,2H2,1H3. The molecule has 1 heterocycles. The van der Waals surface area contributed by atoms with E-state index in [4.69, 9.17) is 0 Å². The van der Waals surface area contributed by atoms with Crippen LogP contribution in [0.1, 0.15) is 23.4 Å². The van der Waals surface area contributed by atoms with Crippen LogP contribution in [-0.2, 0) is 0 Å². The molecule has 0 amide bonds. The van der Waals surface area contributed by atoms with Crippen molar-refractivity contribution in [3.63, 3.8) is 0 Å². The summed E-state index contributed by atoms with van der Waals surface area (Å²) in [5.74, 6) is -1.08. The third kappa shape index (κ3) is 2.90. The highest BCUT2D eigenvalue weighted by Crippen LogP contribution is 2.26. The van der Waals surface area contributed by atoms with Gasteiger partial charge in [-0.25, -0.2) is 8.78 Å². The van der Waals surface area contributed by atoms with Gasteiger partial charge in [0.1, 0.15) is 11.6 Å². The van der Waals surface area contributed by atoms with Crippen LogP contribution < -0.4 is 5.32 Å². The van der Waals surface area contributed by atoms with Gasteiger partial charge >= 0.3 is 0 Å². The minimum atomic E-state index is -0.542. The fourth-order valence-corrected chi connectivity index (χ4v) is 2.61. The molecule has 1 N–H and O–H groups in total. The molecule has 1 aromatic carbocycles. The monoisotopic (exact) mass is 253 g/mol. The molecule has 0 aliphatic heterocycles. The number of halogens is 2. The molecular weight excluding hydrogens is 240 g/mol. The molecule has 2 rings (SSSR count). The first-order valence-electron chi connectivity index (χ1n) is 5.43. The minimum absolute atomic E-state index is 0.148. The smallest absolute Gasteiger partial charge is 0.126 e. The summed E-state index contributed by atoms with van der Waals surface area (Å²) in [5, 5.41) is 5.19. The molecule has 1 aromatic heterocycles.